The molecule has 19 heavy (non-hydrogen) atoms. The number of aromatic nitrogens is 3. The molecule has 1 heterocycles. The maximum atomic E-state index is 4.41. The van der Waals surface area contributed by atoms with Gasteiger partial charge in [-0.2, -0.15) is 5.10 Å². The fraction of sp³-hybridized carbons (Fsp3) is 0.467. The molecule has 0 saturated heterocycles. The molecule has 2 aromatic rings. The number of anilines is 1. The molecule has 1 aliphatic rings. The van der Waals surface area contributed by atoms with Crippen molar-refractivity contribution in [2.75, 3.05) is 11.9 Å². The summed E-state index contributed by atoms with van der Waals surface area (Å²) >= 11 is 0. The van der Waals surface area contributed by atoms with E-state index in [0.717, 1.165) is 35.4 Å². The summed E-state index contributed by atoms with van der Waals surface area (Å²) in [7, 11) is 0. The topological polar surface area (TPSA) is 53.6 Å². The second-order valence-corrected chi connectivity index (χ2v) is 5.32. The minimum atomic E-state index is 0.770. The molecule has 100 valence electrons. The van der Waals surface area contributed by atoms with Gasteiger partial charge in [0.2, 0.25) is 0 Å². The Hall–Kier alpha value is -1.84. The van der Waals surface area contributed by atoms with Gasteiger partial charge in [0.15, 0.2) is 5.82 Å². The third-order valence-corrected chi connectivity index (χ3v) is 3.82. The molecule has 0 unspecified atom stereocenters. The van der Waals surface area contributed by atoms with E-state index >= 15 is 0 Å². The Morgan fingerprint density at radius 2 is 2.05 bits per heavy atom. The quantitative estimate of drug-likeness (QED) is 0.881. The minimum absolute atomic E-state index is 0.770. The lowest BCUT2D eigenvalue weighted by Crippen LogP contribution is -2.11. The summed E-state index contributed by atoms with van der Waals surface area (Å²) in [6, 6.07) is 8.26. The summed E-state index contributed by atoms with van der Waals surface area (Å²) in [5.41, 5.74) is 2.21. The van der Waals surface area contributed by atoms with E-state index in [2.05, 4.69) is 38.7 Å². The number of nitrogens with zero attached hydrogens (tertiary/aromatic N) is 2. The van der Waals surface area contributed by atoms with Crippen LogP contribution in [0.1, 0.15) is 31.5 Å². The third kappa shape index (κ3) is 2.78. The van der Waals surface area contributed by atoms with Crippen LogP contribution >= 0.6 is 0 Å². The Balaban J connectivity index is 1.77. The molecule has 0 spiro atoms. The van der Waals surface area contributed by atoms with Crippen LogP contribution in [0.3, 0.4) is 0 Å². The van der Waals surface area contributed by atoms with Crippen molar-refractivity contribution in [3.63, 3.8) is 0 Å². The number of hydrogen-bond acceptors (Lipinski definition) is 3. The lowest BCUT2D eigenvalue weighted by atomic mass is 10.1. The number of hydrogen-bond donors (Lipinski definition) is 2. The van der Waals surface area contributed by atoms with Crippen molar-refractivity contribution >= 4 is 5.69 Å². The van der Waals surface area contributed by atoms with E-state index in [-0.39, 0.29) is 0 Å². The Kier molecular flexibility index (Phi) is 3.49. The molecule has 0 atom stereocenters. The summed E-state index contributed by atoms with van der Waals surface area (Å²) in [6.45, 7) is 2.98. The Morgan fingerprint density at radius 1 is 1.26 bits per heavy atom. The first kappa shape index (κ1) is 12.2. The van der Waals surface area contributed by atoms with Gasteiger partial charge in [-0.25, -0.2) is 4.98 Å². The Labute approximate surface area is 113 Å². The van der Waals surface area contributed by atoms with E-state index < -0.39 is 0 Å². The lowest BCUT2D eigenvalue weighted by Gasteiger charge is -2.13. The molecule has 0 bridgehead atoms. The van der Waals surface area contributed by atoms with Gasteiger partial charge in [0.05, 0.1) is 0 Å². The molecule has 1 saturated carbocycles. The Morgan fingerprint density at radius 3 is 2.79 bits per heavy atom. The van der Waals surface area contributed by atoms with Crippen LogP contribution in [-0.2, 0) is 0 Å². The van der Waals surface area contributed by atoms with Gasteiger partial charge in [0.25, 0.3) is 0 Å². The van der Waals surface area contributed by atoms with Crippen LogP contribution in [0.25, 0.3) is 11.4 Å². The number of rotatable bonds is 4. The van der Waals surface area contributed by atoms with Crippen LogP contribution < -0.4 is 5.32 Å². The van der Waals surface area contributed by atoms with Crippen molar-refractivity contribution in [3.05, 3.63) is 30.1 Å². The smallest absolute Gasteiger partial charge is 0.183 e. The van der Waals surface area contributed by atoms with E-state index in [0.29, 0.717) is 0 Å². The summed E-state index contributed by atoms with van der Waals surface area (Å²) < 4.78 is 0. The van der Waals surface area contributed by atoms with Gasteiger partial charge < -0.3 is 5.32 Å². The fourth-order valence-corrected chi connectivity index (χ4v) is 2.76. The zero-order chi connectivity index (χ0) is 13.1. The zero-order valence-corrected chi connectivity index (χ0v) is 11.3. The fourth-order valence-electron chi connectivity index (χ4n) is 2.76. The highest BCUT2D eigenvalue weighted by molar-refractivity contribution is 5.73. The van der Waals surface area contributed by atoms with Crippen LogP contribution in [-0.4, -0.2) is 21.7 Å². The number of H-pyrrole nitrogens is 1. The summed E-state index contributed by atoms with van der Waals surface area (Å²) in [5, 5.41) is 10.7. The number of aromatic amines is 1. The van der Waals surface area contributed by atoms with E-state index in [1.807, 2.05) is 13.0 Å². The van der Waals surface area contributed by atoms with Gasteiger partial charge in [0.1, 0.15) is 5.82 Å². The van der Waals surface area contributed by atoms with Gasteiger partial charge in [-0.3, -0.25) is 5.10 Å². The first-order chi connectivity index (χ1) is 9.33. The van der Waals surface area contributed by atoms with Crippen molar-refractivity contribution < 1.29 is 0 Å². The van der Waals surface area contributed by atoms with Gasteiger partial charge in [-0.15, -0.1) is 0 Å². The molecular formula is C15H20N4. The highest BCUT2D eigenvalue weighted by atomic mass is 15.2. The molecule has 2 N–H and O–H groups in total. The molecular weight excluding hydrogens is 236 g/mol. The molecule has 0 amide bonds. The second-order valence-electron chi connectivity index (χ2n) is 5.32. The molecule has 1 aliphatic carbocycles. The van der Waals surface area contributed by atoms with Crippen molar-refractivity contribution in [1.82, 2.24) is 15.2 Å². The lowest BCUT2D eigenvalue weighted by molar-refractivity contribution is 0.580. The average Bonchev–Trinajstić information content (AvgIpc) is 3.08. The van der Waals surface area contributed by atoms with Crippen molar-refractivity contribution in [1.29, 1.82) is 0 Å². The Bertz CT molecular complexity index is 541. The molecule has 4 heteroatoms. The molecule has 1 fully saturated rings. The molecule has 0 aliphatic heterocycles. The van der Waals surface area contributed by atoms with Gasteiger partial charge >= 0.3 is 0 Å². The standard InChI is InChI=1S/C15H20N4/c1-11-17-15(19-18-11)13-8-4-5-9-14(13)16-10-12-6-2-3-7-12/h4-5,8-9,12,16H,2-3,6-7,10H2,1H3,(H,17,18,19). The molecule has 1 aromatic carbocycles. The predicted molar refractivity (Wildman–Crippen MR) is 77.0 cm³/mol. The number of para-hydroxylation sites is 1. The normalized spacial score (nSPS) is 15.8. The average molecular weight is 256 g/mol. The van der Waals surface area contributed by atoms with Gasteiger partial charge in [-0.1, -0.05) is 25.0 Å². The monoisotopic (exact) mass is 256 g/mol. The molecule has 3 rings (SSSR count). The van der Waals surface area contributed by atoms with Crippen LogP contribution in [0.15, 0.2) is 24.3 Å². The summed E-state index contributed by atoms with van der Waals surface area (Å²) in [5.74, 6) is 2.44. The summed E-state index contributed by atoms with van der Waals surface area (Å²) in [6.07, 6.45) is 5.48. The SMILES string of the molecule is Cc1nc(-c2ccccc2NCC2CCCC2)n[nH]1. The van der Waals surface area contributed by atoms with Crippen molar-refractivity contribution in [2.24, 2.45) is 5.92 Å². The maximum Gasteiger partial charge on any atom is 0.183 e. The van der Waals surface area contributed by atoms with Crippen LogP contribution in [0.2, 0.25) is 0 Å². The number of nitrogens with one attached hydrogen (secondary N) is 2. The largest absolute Gasteiger partial charge is 0.384 e. The molecule has 4 nitrogen and oxygen atoms in total. The van der Waals surface area contributed by atoms with E-state index in [4.69, 9.17) is 0 Å². The van der Waals surface area contributed by atoms with Crippen molar-refractivity contribution in [3.8, 4) is 11.4 Å². The number of aryl methyl sites for hydroxylation is 1. The van der Waals surface area contributed by atoms with Crippen LogP contribution in [0.5, 0.6) is 0 Å². The highest BCUT2D eigenvalue weighted by Crippen LogP contribution is 2.28. The number of benzene rings is 1. The van der Waals surface area contributed by atoms with E-state index in [1.165, 1.54) is 25.7 Å². The van der Waals surface area contributed by atoms with Crippen LogP contribution in [0.4, 0.5) is 5.69 Å². The van der Waals surface area contributed by atoms with E-state index in [9.17, 15) is 0 Å². The van der Waals surface area contributed by atoms with Gasteiger partial charge in [-0.05, 0) is 37.8 Å². The molecule has 0 radical (unpaired) electrons. The zero-order valence-electron chi connectivity index (χ0n) is 11.3. The van der Waals surface area contributed by atoms with E-state index in [1.54, 1.807) is 0 Å². The van der Waals surface area contributed by atoms with Crippen LogP contribution in [0, 0.1) is 12.8 Å². The highest BCUT2D eigenvalue weighted by Gasteiger charge is 2.15. The van der Waals surface area contributed by atoms with Gasteiger partial charge in [0, 0.05) is 17.8 Å². The second kappa shape index (κ2) is 5.43. The minimum Gasteiger partial charge on any atom is -0.384 e. The summed E-state index contributed by atoms with van der Waals surface area (Å²) in [4.78, 5) is 4.41. The first-order valence-corrected chi connectivity index (χ1v) is 7.05. The van der Waals surface area contributed by atoms with Crippen molar-refractivity contribution in [2.45, 2.75) is 32.6 Å². The first-order valence-electron chi connectivity index (χ1n) is 7.05. The predicted octanol–water partition coefficient (Wildman–Crippen LogP) is 3.38. The maximum absolute atomic E-state index is 4.41. The third-order valence-electron chi connectivity index (χ3n) is 3.82. The molecule has 1 aromatic heterocycles.